The van der Waals surface area contributed by atoms with Crippen LogP contribution in [0.4, 0.5) is 5.13 Å². The number of carboxylic acid groups (broad SMARTS) is 1. The maximum Gasteiger partial charge on any atom is 0.307 e. The highest BCUT2D eigenvalue weighted by Gasteiger charge is 2.09. The molecule has 15 heavy (non-hydrogen) atoms. The number of aliphatic carboxylic acids is 1. The third kappa shape index (κ3) is 2.10. The van der Waals surface area contributed by atoms with Crippen LogP contribution >= 0.6 is 27.3 Å². The summed E-state index contributed by atoms with van der Waals surface area (Å²) in [4.78, 5) is 14.7. The van der Waals surface area contributed by atoms with E-state index < -0.39 is 5.97 Å². The van der Waals surface area contributed by atoms with Crippen LogP contribution < -0.4 is 5.73 Å². The van der Waals surface area contributed by atoms with E-state index in [1.807, 2.05) is 6.07 Å². The highest BCUT2D eigenvalue weighted by atomic mass is 79.9. The minimum atomic E-state index is -0.848. The number of thiazole rings is 1. The molecule has 4 nitrogen and oxygen atoms in total. The topological polar surface area (TPSA) is 76.2 Å². The maximum atomic E-state index is 10.6. The van der Waals surface area contributed by atoms with Crippen LogP contribution in [0.5, 0.6) is 0 Å². The van der Waals surface area contributed by atoms with Crippen molar-refractivity contribution in [3.05, 3.63) is 22.2 Å². The van der Waals surface area contributed by atoms with Gasteiger partial charge < -0.3 is 10.8 Å². The molecule has 0 atom stereocenters. The van der Waals surface area contributed by atoms with Crippen LogP contribution in [0.2, 0.25) is 0 Å². The number of hydrogen-bond acceptors (Lipinski definition) is 4. The van der Waals surface area contributed by atoms with Crippen molar-refractivity contribution in [1.82, 2.24) is 4.98 Å². The van der Waals surface area contributed by atoms with Gasteiger partial charge in [-0.3, -0.25) is 4.79 Å². The first kappa shape index (κ1) is 10.4. The van der Waals surface area contributed by atoms with Crippen molar-refractivity contribution in [3.63, 3.8) is 0 Å². The lowest BCUT2D eigenvalue weighted by molar-refractivity contribution is -0.136. The first-order valence-electron chi connectivity index (χ1n) is 4.12. The number of halogens is 1. The molecule has 78 valence electrons. The Hall–Kier alpha value is -1.14. The monoisotopic (exact) mass is 286 g/mol. The fourth-order valence-corrected chi connectivity index (χ4v) is 2.89. The van der Waals surface area contributed by atoms with Gasteiger partial charge in [-0.15, -0.1) is 0 Å². The SMILES string of the molecule is Nc1nc2c(Br)cc(CC(=O)O)cc2s1. The summed E-state index contributed by atoms with van der Waals surface area (Å²) >= 11 is 4.70. The van der Waals surface area contributed by atoms with Crippen molar-refractivity contribution in [2.75, 3.05) is 5.73 Å². The molecule has 6 heteroatoms. The van der Waals surface area contributed by atoms with Crippen LogP contribution in [0.1, 0.15) is 5.56 Å². The first-order chi connectivity index (χ1) is 7.06. The molecule has 0 amide bonds. The van der Waals surface area contributed by atoms with E-state index in [4.69, 9.17) is 10.8 Å². The summed E-state index contributed by atoms with van der Waals surface area (Å²) in [5.41, 5.74) is 7.11. The van der Waals surface area contributed by atoms with Gasteiger partial charge >= 0.3 is 5.97 Å². The maximum absolute atomic E-state index is 10.6. The molecule has 0 aliphatic rings. The number of nitrogen functional groups attached to an aromatic ring is 1. The number of benzene rings is 1. The van der Waals surface area contributed by atoms with Gasteiger partial charge in [-0.25, -0.2) is 4.98 Å². The van der Waals surface area contributed by atoms with Gasteiger partial charge in [0.15, 0.2) is 5.13 Å². The average Bonchev–Trinajstić information content (AvgIpc) is 2.44. The average molecular weight is 287 g/mol. The summed E-state index contributed by atoms with van der Waals surface area (Å²) in [7, 11) is 0. The number of rotatable bonds is 2. The van der Waals surface area contributed by atoms with Crippen molar-refractivity contribution >= 4 is 48.6 Å². The fourth-order valence-electron chi connectivity index (χ4n) is 1.34. The molecule has 0 aliphatic carbocycles. The van der Waals surface area contributed by atoms with Crippen LogP contribution in [0.25, 0.3) is 10.2 Å². The second-order valence-electron chi connectivity index (χ2n) is 3.05. The van der Waals surface area contributed by atoms with Gasteiger partial charge in [0.25, 0.3) is 0 Å². The molecule has 0 fully saturated rings. The molecule has 2 rings (SSSR count). The zero-order valence-electron chi connectivity index (χ0n) is 7.53. The number of anilines is 1. The molecule has 1 aromatic carbocycles. The predicted molar refractivity (Wildman–Crippen MR) is 63.1 cm³/mol. The van der Waals surface area contributed by atoms with E-state index in [-0.39, 0.29) is 6.42 Å². The largest absolute Gasteiger partial charge is 0.481 e. The fraction of sp³-hybridized carbons (Fsp3) is 0.111. The van der Waals surface area contributed by atoms with Crippen molar-refractivity contribution in [2.24, 2.45) is 0 Å². The van der Waals surface area contributed by atoms with E-state index in [9.17, 15) is 4.79 Å². The molecule has 0 aliphatic heterocycles. The molecule has 2 aromatic rings. The Morgan fingerprint density at radius 1 is 1.60 bits per heavy atom. The first-order valence-corrected chi connectivity index (χ1v) is 5.73. The lowest BCUT2D eigenvalue weighted by Gasteiger charge is -1.98. The molecule has 0 spiro atoms. The van der Waals surface area contributed by atoms with E-state index in [1.165, 1.54) is 11.3 Å². The third-order valence-corrected chi connectivity index (χ3v) is 3.32. The van der Waals surface area contributed by atoms with Crippen LogP contribution in [0, 0.1) is 0 Å². The zero-order valence-corrected chi connectivity index (χ0v) is 9.93. The van der Waals surface area contributed by atoms with Gasteiger partial charge in [-0.2, -0.15) is 0 Å². The molecule has 0 saturated carbocycles. The lowest BCUT2D eigenvalue weighted by atomic mass is 10.1. The summed E-state index contributed by atoms with van der Waals surface area (Å²) in [6.45, 7) is 0. The molecule has 0 unspecified atom stereocenters. The van der Waals surface area contributed by atoms with Gasteiger partial charge in [0.2, 0.25) is 0 Å². The highest BCUT2D eigenvalue weighted by molar-refractivity contribution is 9.10. The standard InChI is InChI=1S/C9H7BrN2O2S/c10-5-1-4(3-7(13)14)2-6-8(5)12-9(11)15-6/h1-2H,3H2,(H2,11,12)(H,13,14). The van der Waals surface area contributed by atoms with Crippen molar-refractivity contribution in [2.45, 2.75) is 6.42 Å². The zero-order chi connectivity index (χ0) is 11.0. The van der Waals surface area contributed by atoms with Crippen LogP contribution in [0.15, 0.2) is 16.6 Å². The third-order valence-electron chi connectivity index (χ3n) is 1.88. The smallest absolute Gasteiger partial charge is 0.307 e. The Labute approximate surface area is 97.9 Å². The summed E-state index contributed by atoms with van der Waals surface area (Å²) in [5, 5.41) is 9.17. The molecular weight excluding hydrogens is 280 g/mol. The number of aromatic nitrogens is 1. The molecule has 0 bridgehead atoms. The van der Waals surface area contributed by atoms with E-state index in [0.29, 0.717) is 5.13 Å². The Kier molecular flexibility index (Phi) is 2.62. The van der Waals surface area contributed by atoms with Crippen LogP contribution in [-0.4, -0.2) is 16.1 Å². The second kappa shape index (κ2) is 3.79. The number of carbonyl (C=O) groups is 1. The molecule has 1 aromatic heterocycles. The molecule has 1 heterocycles. The van der Waals surface area contributed by atoms with Gasteiger partial charge in [0, 0.05) is 4.47 Å². The van der Waals surface area contributed by atoms with Gasteiger partial charge in [-0.05, 0) is 33.6 Å². The minimum absolute atomic E-state index is 0.00629. The number of fused-ring (bicyclic) bond motifs is 1. The molecule has 0 radical (unpaired) electrons. The lowest BCUT2D eigenvalue weighted by Crippen LogP contribution is -1.99. The summed E-state index contributed by atoms with van der Waals surface area (Å²) in [6, 6.07) is 3.57. The second-order valence-corrected chi connectivity index (χ2v) is 4.96. The number of nitrogens with zero attached hydrogens (tertiary/aromatic N) is 1. The minimum Gasteiger partial charge on any atom is -0.481 e. The van der Waals surface area contributed by atoms with Gasteiger partial charge in [0.05, 0.1) is 16.6 Å². The van der Waals surface area contributed by atoms with Crippen molar-refractivity contribution in [3.8, 4) is 0 Å². The Morgan fingerprint density at radius 3 is 3.00 bits per heavy atom. The van der Waals surface area contributed by atoms with Gasteiger partial charge in [0.1, 0.15) is 0 Å². The quantitative estimate of drug-likeness (QED) is 0.888. The Morgan fingerprint density at radius 2 is 2.33 bits per heavy atom. The summed E-state index contributed by atoms with van der Waals surface area (Å²) < 4.78 is 1.68. The summed E-state index contributed by atoms with van der Waals surface area (Å²) in [5.74, 6) is -0.848. The van der Waals surface area contributed by atoms with E-state index in [1.54, 1.807) is 6.07 Å². The Bertz CT molecular complexity index is 538. The normalized spacial score (nSPS) is 10.7. The van der Waals surface area contributed by atoms with Crippen LogP contribution in [-0.2, 0) is 11.2 Å². The number of hydrogen-bond donors (Lipinski definition) is 2. The van der Waals surface area contributed by atoms with E-state index in [2.05, 4.69) is 20.9 Å². The van der Waals surface area contributed by atoms with Crippen molar-refractivity contribution in [1.29, 1.82) is 0 Å². The molecular formula is C9H7BrN2O2S. The van der Waals surface area contributed by atoms with Gasteiger partial charge in [-0.1, -0.05) is 11.3 Å². The molecule has 3 N–H and O–H groups in total. The number of carboxylic acids is 1. The highest BCUT2D eigenvalue weighted by Crippen LogP contribution is 2.31. The predicted octanol–water partition coefficient (Wildman–Crippen LogP) is 2.27. The summed E-state index contributed by atoms with van der Waals surface area (Å²) in [6.07, 6.45) is 0.00629. The van der Waals surface area contributed by atoms with Crippen molar-refractivity contribution < 1.29 is 9.90 Å². The van der Waals surface area contributed by atoms with E-state index >= 15 is 0 Å². The molecule has 0 saturated heterocycles. The number of nitrogens with two attached hydrogens (primary N) is 1. The van der Waals surface area contributed by atoms with E-state index in [0.717, 1.165) is 20.3 Å². The Balaban J connectivity index is 2.56. The van der Waals surface area contributed by atoms with Crippen LogP contribution in [0.3, 0.4) is 0 Å².